The molecule has 10 nitrogen and oxygen atoms in total. The molecule has 2 aliphatic rings. The average molecular weight is 985 g/mol. The lowest BCUT2D eigenvalue weighted by molar-refractivity contribution is -0.320. The van der Waals surface area contributed by atoms with Crippen LogP contribution in [0.2, 0.25) is 0 Å². The van der Waals surface area contributed by atoms with E-state index in [9.17, 15) is 0 Å². The van der Waals surface area contributed by atoms with Crippen LogP contribution in [-0.2, 0) is 93.6 Å². The molecule has 2 fully saturated rings. The summed E-state index contributed by atoms with van der Waals surface area (Å²) in [7, 11) is 1.65. The van der Waals surface area contributed by atoms with Crippen LogP contribution in [0.15, 0.2) is 212 Å². The Morgan fingerprint density at radius 2 is 0.548 bits per heavy atom. The summed E-state index contributed by atoms with van der Waals surface area (Å²) < 4.78 is 69.0. The second kappa shape index (κ2) is 28.0. The van der Waals surface area contributed by atoms with E-state index in [2.05, 4.69) is 72.8 Å². The normalized spacial score (nSPS) is 24.0. The zero-order valence-corrected chi connectivity index (χ0v) is 41.6. The van der Waals surface area contributed by atoms with Crippen LogP contribution in [0.4, 0.5) is 0 Å². The molecule has 2 saturated heterocycles. The Balaban J connectivity index is 1.05. The van der Waals surface area contributed by atoms with Crippen LogP contribution in [0, 0.1) is 0 Å². The predicted molar refractivity (Wildman–Crippen MR) is 280 cm³/mol. The van der Waals surface area contributed by atoms with Gasteiger partial charge in [-0.2, -0.15) is 0 Å². The van der Waals surface area contributed by atoms with Gasteiger partial charge in [0.1, 0.15) is 42.7 Å². The first-order valence-electron chi connectivity index (χ1n) is 25.6. The highest BCUT2D eigenvalue weighted by Crippen LogP contribution is 2.37. The van der Waals surface area contributed by atoms with Gasteiger partial charge in [-0.1, -0.05) is 212 Å². The summed E-state index contributed by atoms with van der Waals surface area (Å²) in [4.78, 5) is 0. The van der Waals surface area contributed by atoms with Gasteiger partial charge in [0.2, 0.25) is 0 Å². The maximum Gasteiger partial charge on any atom is 0.186 e. The summed E-state index contributed by atoms with van der Waals surface area (Å²) in [6.45, 7) is 2.68. The molecule has 2 aliphatic heterocycles. The van der Waals surface area contributed by atoms with Crippen molar-refractivity contribution in [3.63, 3.8) is 0 Å². The largest absolute Gasteiger partial charge is 0.374 e. The van der Waals surface area contributed by atoms with E-state index in [1.807, 2.05) is 140 Å². The molecule has 0 unspecified atom stereocenters. The fourth-order valence-electron chi connectivity index (χ4n) is 9.61. The first-order chi connectivity index (χ1) is 36.2. The lowest BCUT2D eigenvalue weighted by Gasteiger charge is -2.48. The molecule has 10 atom stereocenters. The fourth-order valence-corrected chi connectivity index (χ4v) is 9.61. The molecule has 0 saturated carbocycles. The van der Waals surface area contributed by atoms with Gasteiger partial charge in [0.25, 0.3) is 0 Å². The summed E-state index contributed by atoms with van der Waals surface area (Å²) in [5, 5.41) is 0. The molecule has 7 aromatic rings. The van der Waals surface area contributed by atoms with Crippen LogP contribution >= 0.6 is 0 Å². The lowest BCUT2D eigenvalue weighted by Crippen LogP contribution is -2.62. The highest BCUT2D eigenvalue weighted by molar-refractivity contribution is 5.19. The van der Waals surface area contributed by atoms with Crippen LogP contribution in [0.25, 0.3) is 0 Å². The van der Waals surface area contributed by atoms with E-state index in [4.69, 9.17) is 47.4 Å². The summed E-state index contributed by atoms with van der Waals surface area (Å²) in [5.41, 5.74) is 7.26. The maximum atomic E-state index is 7.32. The second-order valence-electron chi connectivity index (χ2n) is 18.6. The van der Waals surface area contributed by atoms with Gasteiger partial charge >= 0.3 is 0 Å². The van der Waals surface area contributed by atoms with Crippen LogP contribution in [0.1, 0.15) is 51.8 Å². The molecule has 73 heavy (non-hydrogen) atoms. The topological polar surface area (TPSA) is 92.3 Å². The van der Waals surface area contributed by atoms with Gasteiger partial charge < -0.3 is 47.4 Å². The molecule has 0 aromatic heterocycles. The summed E-state index contributed by atoms with van der Waals surface area (Å²) in [6.07, 6.45) is -4.87. The first kappa shape index (κ1) is 52.0. The van der Waals surface area contributed by atoms with Crippen molar-refractivity contribution < 1.29 is 47.4 Å². The van der Waals surface area contributed by atoms with E-state index in [0.717, 1.165) is 38.9 Å². The van der Waals surface area contributed by atoms with Gasteiger partial charge in [-0.3, -0.25) is 0 Å². The number of methoxy groups -OCH3 is 1. The van der Waals surface area contributed by atoms with Crippen molar-refractivity contribution in [2.75, 3.05) is 13.7 Å². The second-order valence-corrected chi connectivity index (χ2v) is 18.6. The Morgan fingerprint density at radius 3 is 0.877 bits per heavy atom. The smallest absolute Gasteiger partial charge is 0.186 e. The minimum Gasteiger partial charge on any atom is -0.374 e. The molecule has 380 valence electrons. The van der Waals surface area contributed by atoms with Crippen molar-refractivity contribution in [3.05, 3.63) is 251 Å². The van der Waals surface area contributed by atoms with E-state index in [-0.39, 0.29) is 6.61 Å². The Morgan fingerprint density at radius 1 is 0.288 bits per heavy atom. The van der Waals surface area contributed by atoms with Crippen molar-refractivity contribution in [1.29, 1.82) is 0 Å². The molecule has 7 aromatic carbocycles. The van der Waals surface area contributed by atoms with Crippen molar-refractivity contribution >= 4 is 0 Å². The number of hydrogen-bond acceptors (Lipinski definition) is 10. The standard InChI is InChI=1S/C63H68O10/c1-64-63-62(71-45-53-35-21-8-22-36-53)61(70-44-52-33-19-7-20-34-52)58(67-41-49-27-13-4-14-28-49)55(73-63)38-37-54-57(66-40-48-25-11-3-12-26-48)60(69-43-51-31-17-6-18-32-51)59(68-42-50-29-15-5-16-30-50)56(72-54)46-65-39-47-23-9-2-10-24-47/h2-36,54-63H,37-46H2,1H3/t54-,55-,56-,57-,58-,59-,60-,61+,62+,63+/m1/s1. The van der Waals surface area contributed by atoms with Gasteiger partial charge in [0.15, 0.2) is 6.29 Å². The van der Waals surface area contributed by atoms with E-state index in [0.29, 0.717) is 59.1 Å². The Hall–Kier alpha value is -5.86. The molecule has 10 heteroatoms. The van der Waals surface area contributed by atoms with Gasteiger partial charge in [-0.25, -0.2) is 0 Å². The number of rotatable bonds is 26. The molecule has 0 amide bonds. The Bertz CT molecular complexity index is 2560. The van der Waals surface area contributed by atoms with Gasteiger partial charge in [-0.15, -0.1) is 0 Å². The zero-order chi connectivity index (χ0) is 49.7. The molecule has 0 bridgehead atoms. The van der Waals surface area contributed by atoms with Crippen LogP contribution < -0.4 is 0 Å². The minimum atomic E-state index is -0.777. The van der Waals surface area contributed by atoms with Gasteiger partial charge in [-0.05, 0) is 51.8 Å². The SMILES string of the molecule is CO[C@H]1O[C@H](CC[C@H]2O[C@H](COCc3ccccc3)[C@@H](OCc3ccccc3)[C@H](OCc3ccccc3)[C@@H]2OCc2ccccc2)[C@@H](OCc2ccccc2)[C@H](OCc2ccccc2)[C@@H]1OCc1ccccc1. The summed E-state index contributed by atoms with van der Waals surface area (Å²) in [6, 6.07) is 71.3. The van der Waals surface area contributed by atoms with Crippen molar-refractivity contribution in [1.82, 2.24) is 0 Å². The zero-order valence-electron chi connectivity index (χ0n) is 41.6. The molecule has 9 rings (SSSR count). The Kier molecular flexibility index (Phi) is 19.9. The third kappa shape index (κ3) is 15.3. The summed E-state index contributed by atoms with van der Waals surface area (Å²) >= 11 is 0. The first-order valence-corrected chi connectivity index (χ1v) is 25.6. The van der Waals surface area contributed by atoms with Gasteiger partial charge in [0.05, 0.1) is 65.1 Å². The van der Waals surface area contributed by atoms with E-state index in [1.165, 1.54) is 0 Å². The molecular formula is C63H68O10. The third-order valence-electron chi connectivity index (χ3n) is 13.4. The Labute approximate surface area is 431 Å². The van der Waals surface area contributed by atoms with Crippen molar-refractivity contribution in [2.24, 2.45) is 0 Å². The summed E-state index contributed by atoms with van der Waals surface area (Å²) in [5.74, 6) is 0. The highest BCUT2D eigenvalue weighted by Gasteiger charge is 2.51. The quantitative estimate of drug-likeness (QED) is 0.0522. The lowest BCUT2D eigenvalue weighted by atomic mass is 9.88. The van der Waals surface area contributed by atoms with Crippen LogP contribution in [-0.4, -0.2) is 74.9 Å². The fraction of sp³-hybridized carbons (Fsp3) is 0.333. The third-order valence-corrected chi connectivity index (χ3v) is 13.4. The number of ether oxygens (including phenoxy) is 10. The van der Waals surface area contributed by atoms with Crippen molar-refractivity contribution in [3.8, 4) is 0 Å². The molecule has 2 heterocycles. The van der Waals surface area contributed by atoms with Gasteiger partial charge in [0, 0.05) is 7.11 Å². The maximum absolute atomic E-state index is 7.32. The monoisotopic (exact) mass is 984 g/mol. The molecule has 0 aliphatic carbocycles. The number of benzene rings is 7. The van der Waals surface area contributed by atoms with E-state index < -0.39 is 61.2 Å². The molecule has 0 spiro atoms. The molecule has 0 radical (unpaired) electrons. The minimum absolute atomic E-state index is 0.256. The van der Waals surface area contributed by atoms with Crippen LogP contribution in [0.3, 0.4) is 0 Å². The highest BCUT2D eigenvalue weighted by atomic mass is 16.7. The predicted octanol–water partition coefficient (Wildman–Crippen LogP) is 11.6. The van der Waals surface area contributed by atoms with Crippen molar-refractivity contribution in [2.45, 2.75) is 120 Å². The van der Waals surface area contributed by atoms with Crippen LogP contribution in [0.5, 0.6) is 0 Å². The molecular weight excluding hydrogens is 917 g/mol. The number of hydrogen-bond donors (Lipinski definition) is 0. The average Bonchev–Trinajstić information content (AvgIpc) is 3.45. The van der Waals surface area contributed by atoms with E-state index in [1.54, 1.807) is 7.11 Å². The molecule has 0 N–H and O–H groups in total. The van der Waals surface area contributed by atoms with E-state index >= 15 is 0 Å².